The largest absolute Gasteiger partial charge is 0.391 e. The first-order valence-corrected chi connectivity index (χ1v) is 7.14. The number of aliphatic hydroxyl groups excluding tert-OH is 1. The molecule has 0 aromatic carbocycles. The lowest BCUT2D eigenvalue weighted by Crippen LogP contribution is -2.42. The molecular formula is C13H19NO2S. The fraction of sp³-hybridized carbons (Fsp3) is 0.615. The van der Waals surface area contributed by atoms with Crippen LogP contribution < -0.4 is 5.32 Å². The monoisotopic (exact) mass is 253 g/mol. The molecule has 1 aliphatic rings. The zero-order chi connectivity index (χ0) is 12.3. The molecule has 17 heavy (non-hydrogen) atoms. The SMILES string of the molecule is Cc1cscc1C(=O)NC1CCCCCC1O. The van der Waals surface area contributed by atoms with E-state index in [1.165, 1.54) is 11.3 Å². The number of thiophene rings is 1. The van der Waals surface area contributed by atoms with Crippen molar-refractivity contribution in [2.45, 2.75) is 51.2 Å². The molecule has 1 aromatic rings. The van der Waals surface area contributed by atoms with Gasteiger partial charge in [-0.1, -0.05) is 19.3 Å². The number of rotatable bonds is 2. The number of nitrogens with one attached hydrogen (secondary N) is 1. The van der Waals surface area contributed by atoms with Crippen LogP contribution in [0.4, 0.5) is 0 Å². The third-order valence-corrected chi connectivity index (χ3v) is 4.26. The highest BCUT2D eigenvalue weighted by Crippen LogP contribution is 2.19. The summed E-state index contributed by atoms with van der Waals surface area (Å²) < 4.78 is 0. The van der Waals surface area contributed by atoms with E-state index in [2.05, 4.69) is 5.32 Å². The molecule has 2 N–H and O–H groups in total. The lowest BCUT2D eigenvalue weighted by atomic mass is 10.1. The predicted octanol–water partition coefficient (Wildman–Crippen LogP) is 2.48. The van der Waals surface area contributed by atoms with Gasteiger partial charge in [0.2, 0.25) is 0 Å². The fourth-order valence-corrected chi connectivity index (χ4v) is 3.12. The van der Waals surface area contributed by atoms with Gasteiger partial charge in [0.15, 0.2) is 0 Å². The van der Waals surface area contributed by atoms with E-state index in [-0.39, 0.29) is 18.1 Å². The number of hydrogen-bond acceptors (Lipinski definition) is 3. The Labute approximate surface area is 106 Å². The van der Waals surface area contributed by atoms with Crippen molar-refractivity contribution < 1.29 is 9.90 Å². The Balaban J connectivity index is 2.00. The van der Waals surface area contributed by atoms with Gasteiger partial charge in [-0.3, -0.25) is 4.79 Å². The van der Waals surface area contributed by atoms with Gasteiger partial charge in [0.25, 0.3) is 5.91 Å². The molecule has 0 bridgehead atoms. The van der Waals surface area contributed by atoms with E-state index in [4.69, 9.17) is 0 Å². The predicted molar refractivity (Wildman–Crippen MR) is 69.4 cm³/mol. The summed E-state index contributed by atoms with van der Waals surface area (Å²) in [7, 11) is 0. The highest BCUT2D eigenvalue weighted by molar-refractivity contribution is 7.08. The van der Waals surface area contributed by atoms with E-state index < -0.39 is 0 Å². The molecule has 1 aliphatic carbocycles. The quantitative estimate of drug-likeness (QED) is 0.796. The second-order valence-electron chi connectivity index (χ2n) is 4.75. The first kappa shape index (κ1) is 12.6. The maximum absolute atomic E-state index is 12.0. The average Bonchev–Trinajstić information content (AvgIpc) is 2.63. The Morgan fingerprint density at radius 3 is 2.82 bits per heavy atom. The van der Waals surface area contributed by atoms with Crippen molar-refractivity contribution in [2.75, 3.05) is 0 Å². The Hall–Kier alpha value is -0.870. The zero-order valence-electron chi connectivity index (χ0n) is 10.1. The molecule has 3 nitrogen and oxygen atoms in total. The second-order valence-corrected chi connectivity index (χ2v) is 5.50. The normalized spacial score (nSPS) is 25.3. The Morgan fingerprint density at radius 2 is 2.12 bits per heavy atom. The van der Waals surface area contributed by atoms with Crippen LogP contribution >= 0.6 is 11.3 Å². The molecule has 94 valence electrons. The minimum absolute atomic E-state index is 0.0466. The van der Waals surface area contributed by atoms with Gasteiger partial charge in [-0.25, -0.2) is 0 Å². The van der Waals surface area contributed by atoms with Crippen LogP contribution in [0.1, 0.15) is 48.0 Å². The second kappa shape index (κ2) is 5.65. The van der Waals surface area contributed by atoms with Crippen LogP contribution in [0.5, 0.6) is 0 Å². The highest BCUT2D eigenvalue weighted by atomic mass is 32.1. The van der Waals surface area contributed by atoms with Crippen molar-refractivity contribution in [3.63, 3.8) is 0 Å². The summed E-state index contributed by atoms with van der Waals surface area (Å²) in [6.07, 6.45) is 4.60. The molecule has 0 spiro atoms. The van der Waals surface area contributed by atoms with E-state index in [0.29, 0.717) is 0 Å². The van der Waals surface area contributed by atoms with Crippen molar-refractivity contribution >= 4 is 17.2 Å². The van der Waals surface area contributed by atoms with E-state index in [0.717, 1.165) is 43.2 Å². The number of carbonyl (C=O) groups is 1. The topological polar surface area (TPSA) is 49.3 Å². The van der Waals surface area contributed by atoms with Gasteiger partial charge in [-0.15, -0.1) is 0 Å². The zero-order valence-corrected chi connectivity index (χ0v) is 10.9. The van der Waals surface area contributed by atoms with Gasteiger partial charge in [0.1, 0.15) is 0 Å². The van der Waals surface area contributed by atoms with Crippen molar-refractivity contribution in [1.29, 1.82) is 0 Å². The molecule has 2 unspecified atom stereocenters. The Bertz CT molecular complexity index is 389. The van der Waals surface area contributed by atoms with Crippen molar-refractivity contribution in [3.05, 3.63) is 21.9 Å². The van der Waals surface area contributed by atoms with Gasteiger partial charge in [-0.2, -0.15) is 11.3 Å². The van der Waals surface area contributed by atoms with Crippen LogP contribution in [0.3, 0.4) is 0 Å². The van der Waals surface area contributed by atoms with E-state index in [1.54, 1.807) is 0 Å². The van der Waals surface area contributed by atoms with Crippen molar-refractivity contribution in [2.24, 2.45) is 0 Å². The van der Waals surface area contributed by atoms with Gasteiger partial charge in [0.05, 0.1) is 17.7 Å². The molecule has 4 heteroatoms. The number of hydrogen-bond donors (Lipinski definition) is 2. The summed E-state index contributed by atoms with van der Waals surface area (Å²) in [5, 5.41) is 16.8. The van der Waals surface area contributed by atoms with Gasteiger partial charge in [0, 0.05) is 5.38 Å². The highest BCUT2D eigenvalue weighted by Gasteiger charge is 2.24. The maximum atomic E-state index is 12.0. The summed E-state index contributed by atoms with van der Waals surface area (Å²) in [5.41, 5.74) is 1.75. The molecule has 1 amide bonds. The summed E-state index contributed by atoms with van der Waals surface area (Å²) in [6.45, 7) is 1.94. The average molecular weight is 253 g/mol. The third kappa shape index (κ3) is 3.07. The fourth-order valence-electron chi connectivity index (χ4n) is 2.30. The lowest BCUT2D eigenvalue weighted by Gasteiger charge is -2.21. The molecule has 1 fully saturated rings. The Kier molecular flexibility index (Phi) is 4.18. The molecular weight excluding hydrogens is 234 g/mol. The summed E-state index contributed by atoms with van der Waals surface area (Å²) in [5.74, 6) is -0.0466. The lowest BCUT2D eigenvalue weighted by molar-refractivity contribution is 0.0818. The van der Waals surface area contributed by atoms with E-state index >= 15 is 0 Å². The minimum Gasteiger partial charge on any atom is -0.391 e. The van der Waals surface area contributed by atoms with Crippen LogP contribution in [-0.2, 0) is 0 Å². The van der Waals surface area contributed by atoms with E-state index in [1.807, 2.05) is 17.7 Å². The molecule has 2 atom stereocenters. The third-order valence-electron chi connectivity index (χ3n) is 3.40. The van der Waals surface area contributed by atoms with Gasteiger partial charge in [-0.05, 0) is 30.7 Å². The first-order chi connectivity index (χ1) is 8.18. The minimum atomic E-state index is -0.389. The van der Waals surface area contributed by atoms with Crippen LogP contribution in [0.25, 0.3) is 0 Å². The standard InChI is InChI=1S/C13H19NO2S/c1-9-7-17-8-10(9)13(16)14-11-5-3-2-4-6-12(11)15/h7-8,11-12,15H,2-6H2,1H3,(H,14,16). The van der Waals surface area contributed by atoms with Crippen LogP contribution in [0.15, 0.2) is 10.8 Å². The molecule has 0 aliphatic heterocycles. The molecule has 0 radical (unpaired) electrons. The Morgan fingerprint density at radius 1 is 1.35 bits per heavy atom. The van der Waals surface area contributed by atoms with E-state index in [9.17, 15) is 9.90 Å². The van der Waals surface area contributed by atoms with Crippen molar-refractivity contribution in [3.8, 4) is 0 Å². The molecule has 0 saturated heterocycles. The number of amides is 1. The van der Waals surface area contributed by atoms with Gasteiger partial charge >= 0.3 is 0 Å². The van der Waals surface area contributed by atoms with Crippen molar-refractivity contribution in [1.82, 2.24) is 5.32 Å². The van der Waals surface area contributed by atoms with Crippen LogP contribution in [0, 0.1) is 6.92 Å². The summed E-state index contributed by atoms with van der Waals surface area (Å²) in [6, 6.07) is -0.0794. The number of aliphatic hydroxyl groups is 1. The van der Waals surface area contributed by atoms with Crippen LogP contribution in [-0.4, -0.2) is 23.2 Å². The molecule has 2 rings (SSSR count). The molecule has 1 heterocycles. The number of carbonyl (C=O) groups excluding carboxylic acids is 1. The summed E-state index contributed by atoms with van der Waals surface area (Å²) >= 11 is 1.54. The number of aryl methyl sites for hydroxylation is 1. The maximum Gasteiger partial charge on any atom is 0.252 e. The first-order valence-electron chi connectivity index (χ1n) is 6.20. The summed E-state index contributed by atoms with van der Waals surface area (Å²) in [4.78, 5) is 12.0. The molecule has 1 aromatic heterocycles. The molecule has 1 saturated carbocycles. The smallest absolute Gasteiger partial charge is 0.252 e. The van der Waals surface area contributed by atoms with Gasteiger partial charge < -0.3 is 10.4 Å². The van der Waals surface area contributed by atoms with Crippen LogP contribution in [0.2, 0.25) is 0 Å².